The van der Waals surface area contributed by atoms with E-state index in [-0.39, 0.29) is 18.0 Å². The molecule has 8 nitrogen and oxygen atoms in total. The van der Waals surface area contributed by atoms with E-state index < -0.39 is 0 Å². The van der Waals surface area contributed by atoms with Gasteiger partial charge in [-0.25, -0.2) is 9.67 Å². The predicted molar refractivity (Wildman–Crippen MR) is 104 cm³/mol. The van der Waals surface area contributed by atoms with Crippen LogP contribution in [0.25, 0.3) is 11.3 Å². The minimum absolute atomic E-state index is 0.273. The normalized spacial score (nSPS) is 16.1. The van der Waals surface area contributed by atoms with Crippen molar-refractivity contribution in [2.75, 3.05) is 13.1 Å². The molecule has 4 rings (SSSR count). The second-order valence-corrected chi connectivity index (χ2v) is 7.07. The molecule has 8 heteroatoms. The van der Waals surface area contributed by atoms with E-state index in [2.05, 4.69) is 25.9 Å². The van der Waals surface area contributed by atoms with Crippen molar-refractivity contribution < 1.29 is 9.21 Å². The Morgan fingerprint density at radius 3 is 2.79 bits per heavy atom. The molecule has 1 fully saturated rings. The van der Waals surface area contributed by atoms with Gasteiger partial charge in [0.25, 0.3) is 5.91 Å². The second-order valence-electron chi connectivity index (χ2n) is 7.07. The highest BCUT2D eigenvalue weighted by Crippen LogP contribution is 2.24. The Bertz CT molecular complexity index is 943. The van der Waals surface area contributed by atoms with Crippen molar-refractivity contribution in [3.05, 3.63) is 53.8 Å². The summed E-state index contributed by atoms with van der Waals surface area (Å²) in [6.07, 6.45) is 3.65. The summed E-state index contributed by atoms with van der Waals surface area (Å²) in [6, 6.07) is 9.64. The number of hydrogen-bond acceptors (Lipinski definition) is 6. The van der Waals surface area contributed by atoms with Gasteiger partial charge in [0.2, 0.25) is 5.89 Å². The first kappa shape index (κ1) is 18.4. The van der Waals surface area contributed by atoms with Crippen molar-refractivity contribution in [2.24, 2.45) is 0 Å². The van der Waals surface area contributed by atoms with Crippen molar-refractivity contribution in [1.29, 1.82) is 0 Å². The first-order chi connectivity index (χ1) is 13.6. The largest absolute Gasteiger partial charge is 0.438 e. The van der Waals surface area contributed by atoms with Gasteiger partial charge in [-0.2, -0.15) is 0 Å². The minimum atomic E-state index is -0.381. The van der Waals surface area contributed by atoms with E-state index in [0.29, 0.717) is 17.3 Å². The van der Waals surface area contributed by atoms with Crippen LogP contribution in [0.2, 0.25) is 0 Å². The Morgan fingerprint density at radius 2 is 2.04 bits per heavy atom. The Hall–Kier alpha value is -3.00. The average molecular weight is 380 g/mol. The molecule has 146 valence electrons. The number of amides is 1. The van der Waals surface area contributed by atoms with Crippen LogP contribution in [-0.4, -0.2) is 39.0 Å². The quantitative estimate of drug-likeness (QED) is 0.706. The first-order valence-corrected chi connectivity index (χ1v) is 9.58. The molecule has 1 saturated heterocycles. The number of carbonyl (C=O) groups is 1. The maximum atomic E-state index is 12.7. The monoisotopic (exact) mass is 380 g/mol. The maximum Gasteiger partial charge on any atom is 0.274 e. The van der Waals surface area contributed by atoms with Crippen LogP contribution >= 0.6 is 0 Å². The summed E-state index contributed by atoms with van der Waals surface area (Å²) in [6.45, 7) is 5.64. The summed E-state index contributed by atoms with van der Waals surface area (Å²) in [5.74, 6) is 0.852. The lowest BCUT2D eigenvalue weighted by atomic mass is 10.1. The average Bonchev–Trinajstić information content (AvgIpc) is 3.36. The van der Waals surface area contributed by atoms with Crippen LogP contribution in [0.4, 0.5) is 0 Å². The van der Waals surface area contributed by atoms with Crippen molar-refractivity contribution in [3.8, 4) is 11.3 Å². The molecular weight excluding hydrogens is 356 g/mol. The standard InChI is InChI=1S/C20H24N6O2/c1-13(20-22-12-17(28-20)15-6-4-3-5-7-15)23-19(27)18-14(2)26(25-24-18)16-8-10-21-11-9-16/h3-7,12-13,16,21H,8-11H2,1-2H3,(H,23,27). The zero-order valence-corrected chi connectivity index (χ0v) is 16.1. The fourth-order valence-electron chi connectivity index (χ4n) is 3.50. The third-order valence-electron chi connectivity index (χ3n) is 5.10. The molecule has 1 amide bonds. The van der Waals surface area contributed by atoms with Crippen molar-refractivity contribution in [3.63, 3.8) is 0 Å². The summed E-state index contributed by atoms with van der Waals surface area (Å²) in [5.41, 5.74) is 2.08. The van der Waals surface area contributed by atoms with E-state index in [1.165, 1.54) is 0 Å². The van der Waals surface area contributed by atoms with Gasteiger partial charge in [0.15, 0.2) is 11.5 Å². The lowest BCUT2D eigenvalue weighted by Gasteiger charge is -2.23. The van der Waals surface area contributed by atoms with E-state index in [1.54, 1.807) is 6.20 Å². The molecule has 28 heavy (non-hydrogen) atoms. The van der Waals surface area contributed by atoms with Crippen LogP contribution < -0.4 is 10.6 Å². The molecule has 2 N–H and O–H groups in total. The summed E-state index contributed by atoms with van der Waals surface area (Å²) < 4.78 is 7.70. The number of carbonyl (C=O) groups excluding carboxylic acids is 1. The molecule has 3 aromatic rings. The van der Waals surface area contributed by atoms with Gasteiger partial charge in [0, 0.05) is 5.56 Å². The predicted octanol–water partition coefficient (Wildman–Crippen LogP) is 2.66. The second kappa shape index (κ2) is 7.93. The lowest BCUT2D eigenvalue weighted by Crippen LogP contribution is -2.31. The Labute approximate surface area is 163 Å². The van der Waals surface area contributed by atoms with Crippen molar-refractivity contribution in [2.45, 2.75) is 38.8 Å². The van der Waals surface area contributed by atoms with Gasteiger partial charge in [-0.1, -0.05) is 35.5 Å². The van der Waals surface area contributed by atoms with E-state index in [1.807, 2.05) is 48.9 Å². The zero-order valence-electron chi connectivity index (χ0n) is 16.1. The minimum Gasteiger partial charge on any atom is -0.438 e. The van der Waals surface area contributed by atoms with E-state index in [4.69, 9.17) is 4.42 Å². The fourth-order valence-corrected chi connectivity index (χ4v) is 3.50. The highest BCUT2D eigenvalue weighted by Gasteiger charge is 2.24. The van der Waals surface area contributed by atoms with Crippen molar-refractivity contribution in [1.82, 2.24) is 30.6 Å². The molecule has 3 heterocycles. The van der Waals surface area contributed by atoms with Gasteiger partial charge in [0.1, 0.15) is 6.04 Å². The van der Waals surface area contributed by atoms with Gasteiger partial charge < -0.3 is 15.1 Å². The SMILES string of the molecule is Cc1c(C(=O)NC(C)c2ncc(-c3ccccc3)o2)nnn1C1CCNCC1. The van der Waals surface area contributed by atoms with Crippen LogP contribution in [0.3, 0.4) is 0 Å². The topological polar surface area (TPSA) is 97.9 Å². The van der Waals surface area contributed by atoms with Gasteiger partial charge >= 0.3 is 0 Å². The summed E-state index contributed by atoms with van der Waals surface area (Å²) in [5, 5.41) is 14.6. The zero-order chi connectivity index (χ0) is 19.5. The van der Waals surface area contributed by atoms with Crippen LogP contribution in [-0.2, 0) is 0 Å². The molecular formula is C20H24N6O2. The van der Waals surface area contributed by atoms with Crippen LogP contribution in [0.15, 0.2) is 40.9 Å². The molecule has 0 aliphatic carbocycles. The van der Waals surface area contributed by atoms with E-state index in [0.717, 1.165) is 37.2 Å². The molecule has 1 aliphatic heterocycles. The number of rotatable bonds is 5. The number of oxazole rings is 1. The maximum absolute atomic E-state index is 12.7. The molecule has 1 aliphatic rings. The number of piperidine rings is 1. The molecule has 1 atom stereocenters. The summed E-state index contributed by atoms with van der Waals surface area (Å²) in [7, 11) is 0. The lowest BCUT2D eigenvalue weighted by molar-refractivity contribution is 0.0928. The molecule has 0 bridgehead atoms. The Kier molecular flexibility index (Phi) is 5.21. The molecule has 0 saturated carbocycles. The molecule has 0 spiro atoms. The van der Waals surface area contributed by atoms with Gasteiger partial charge in [-0.15, -0.1) is 5.10 Å². The van der Waals surface area contributed by atoms with Crippen LogP contribution in [0, 0.1) is 6.92 Å². The summed E-state index contributed by atoms with van der Waals surface area (Å²) >= 11 is 0. The smallest absolute Gasteiger partial charge is 0.274 e. The number of hydrogen-bond donors (Lipinski definition) is 2. The molecule has 1 aromatic carbocycles. The van der Waals surface area contributed by atoms with Gasteiger partial charge in [-0.05, 0) is 39.8 Å². The highest BCUT2D eigenvalue weighted by atomic mass is 16.4. The van der Waals surface area contributed by atoms with E-state index >= 15 is 0 Å². The highest BCUT2D eigenvalue weighted by molar-refractivity contribution is 5.93. The number of nitrogens with zero attached hydrogens (tertiary/aromatic N) is 4. The van der Waals surface area contributed by atoms with Crippen LogP contribution in [0.1, 0.15) is 53.9 Å². The van der Waals surface area contributed by atoms with Gasteiger partial charge in [0.05, 0.1) is 17.9 Å². The van der Waals surface area contributed by atoms with Gasteiger partial charge in [-0.3, -0.25) is 4.79 Å². The van der Waals surface area contributed by atoms with E-state index in [9.17, 15) is 4.79 Å². The Balaban J connectivity index is 1.45. The summed E-state index contributed by atoms with van der Waals surface area (Å²) in [4.78, 5) is 17.0. The molecule has 2 aromatic heterocycles. The molecule has 1 unspecified atom stereocenters. The number of nitrogens with one attached hydrogen (secondary N) is 2. The first-order valence-electron chi connectivity index (χ1n) is 9.58. The Morgan fingerprint density at radius 1 is 1.29 bits per heavy atom. The fraction of sp³-hybridized carbons (Fsp3) is 0.400. The molecule has 0 radical (unpaired) electrons. The van der Waals surface area contributed by atoms with Crippen LogP contribution in [0.5, 0.6) is 0 Å². The third-order valence-corrected chi connectivity index (χ3v) is 5.10. The number of aromatic nitrogens is 4. The third kappa shape index (κ3) is 3.68. The number of benzene rings is 1. The van der Waals surface area contributed by atoms with Crippen molar-refractivity contribution >= 4 is 5.91 Å².